The lowest BCUT2D eigenvalue weighted by Crippen LogP contribution is -2.29. The van der Waals surface area contributed by atoms with E-state index in [1.165, 1.54) is 0 Å². The Morgan fingerprint density at radius 1 is 0.731 bits per heavy atom. The van der Waals surface area contributed by atoms with Crippen LogP contribution in [0.3, 0.4) is 0 Å². The molecule has 1 aliphatic heterocycles. The number of cyclic esters (lactones) is 1. The van der Waals surface area contributed by atoms with Crippen molar-refractivity contribution in [1.29, 1.82) is 0 Å². The molecule has 1 aliphatic rings. The number of carbonyl (C=O) groups is 1. The number of rotatable bonds is 2. The van der Waals surface area contributed by atoms with Crippen molar-refractivity contribution in [2.24, 2.45) is 0 Å². The summed E-state index contributed by atoms with van der Waals surface area (Å²) in [5, 5.41) is 19.2. The quantitative estimate of drug-likeness (QED) is 0.609. The summed E-state index contributed by atoms with van der Waals surface area (Å²) in [6, 6.07) is 20.4. The average molecular weight is 353 g/mol. The molecule has 0 amide bonds. The molecule has 0 aliphatic carbocycles. The fourth-order valence-electron chi connectivity index (χ4n) is 3.20. The van der Waals surface area contributed by atoms with Crippen LogP contribution in [0, 0.1) is 0 Å². The molecule has 6 heteroatoms. The summed E-state index contributed by atoms with van der Waals surface area (Å²) in [4.78, 5) is 12.4. The van der Waals surface area contributed by atoms with Gasteiger partial charge in [0, 0.05) is 16.7 Å². The second kappa shape index (κ2) is 6.87. The Morgan fingerprint density at radius 2 is 1.19 bits per heavy atom. The molecule has 6 nitrogen and oxygen atoms in total. The van der Waals surface area contributed by atoms with Gasteiger partial charge in [0.05, 0.1) is 5.56 Å². The van der Waals surface area contributed by atoms with Gasteiger partial charge in [-0.3, -0.25) is 0 Å². The van der Waals surface area contributed by atoms with Crippen LogP contribution < -0.4 is 6.15 Å². The van der Waals surface area contributed by atoms with Gasteiger partial charge in [0.25, 0.3) is 0 Å². The molecule has 7 N–H and O–H groups in total. The van der Waals surface area contributed by atoms with Crippen LogP contribution in [0.15, 0.2) is 72.8 Å². The van der Waals surface area contributed by atoms with Crippen LogP contribution in [-0.2, 0) is 10.3 Å². The Bertz CT molecular complexity index is 874. The third-order valence-corrected chi connectivity index (χ3v) is 4.32. The van der Waals surface area contributed by atoms with Gasteiger partial charge >= 0.3 is 5.97 Å². The molecule has 134 valence electrons. The van der Waals surface area contributed by atoms with E-state index < -0.39 is 11.6 Å². The number of phenolic OH excluding ortho intramolecular Hbond substituents is 2. The molecule has 26 heavy (non-hydrogen) atoms. The SMILES string of the molecule is N.O.O=C1OC(c2ccc(O)cc2)(c2ccc(O)cc2)c2ccccc21. The van der Waals surface area contributed by atoms with Crippen LogP contribution >= 0.6 is 0 Å². The van der Waals surface area contributed by atoms with Gasteiger partial charge in [-0.05, 0) is 30.3 Å². The zero-order valence-electron chi connectivity index (χ0n) is 13.8. The van der Waals surface area contributed by atoms with E-state index in [2.05, 4.69) is 0 Å². The van der Waals surface area contributed by atoms with Crippen LogP contribution in [0.5, 0.6) is 11.5 Å². The Labute approximate surface area is 150 Å². The first-order valence-corrected chi connectivity index (χ1v) is 7.53. The molecule has 1 heterocycles. The lowest BCUT2D eigenvalue weighted by molar-refractivity contribution is 0.0251. The van der Waals surface area contributed by atoms with E-state index in [0.29, 0.717) is 5.56 Å². The van der Waals surface area contributed by atoms with Gasteiger partial charge in [-0.2, -0.15) is 0 Å². The molecule has 0 spiro atoms. The fraction of sp³-hybridized carbons (Fsp3) is 0.0500. The summed E-state index contributed by atoms with van der Waals surface area (Å²) < 4.78 is 5.87. The Hall–Kier alpha value is -3.35. The molecule has 0 atom stereocenters. The smallest absolute Gasteiger partial charge is 0.340 e. The highest BCUT2D eigenvalue weighted by molar-refractivity contribution is 5.96. The molecule has 0 radical (unpaired) electrons. The number of hydrogen-bond acceptors (Lipinski definition) is 5. The molecule has 0 fully saturated rings. The number of benzene rings is 3. The Balaban J connectivity index is 0.00000121. The van der Waals surface area contributed by atoms with Gasteiger partial charge in [0.15, 0.2) is 5.60 Å². The van der Waals surface area contributed by atoms with Gasteiger partial charge in [0.1, 0.15) is 11.5 Å². The molecule has 3 aromatic rings. The monoisotopic (exact) mass is 353 g/mol. The first kappa shape index (κ1) is 19.0. The van der Waals surface area contributed by atoms with E-state index in [0.717, 1.165) is 16.7 Å². The maximum atomic E-state index is 12.4. The van der Waals surface area contributed by atoms with E-state index in [1.54, 1.807) is 60.7 Å². The third-order valence-electron chi connectivity index (χ3n) is 4.32. The lowest BCUT2D eigenvalue weighted by Gasteiger charge is -2.30. The third kappa shape index (κ3) is 2.67. The van der Waals surface area contributed by atoms with Crippen LogP contribution in [0.25, 0.3) is 0 Å². The van der Waals surface area contributed by atoms with Crippen molar-refractivity contribution >= 4 is 5.97 Å². The number of fused-ring (bicyclic) bond motifs is 1. The molecule has 4 rings (SSSR count). The maximum absolute atomic E-state index is 12.4. The summed E-state index contributed by atoms with van der Waals surface area (Å²) in [6.45, 7) is 0. The molecule has 0 saturated heterocycles. The highest BCUT2D eigenvalue weighted by atomic mass is 16.6. The van der Waals surface area contributed by atoms with Crippen molar-refractivity contribution in [1.82, 2.24) is 6.15 Å². The number of hydrogen-bond donors (Lipinski definition) is 3. The standard InChI is InChI=1S/C20H14O4.H3N.H2O/c21-15-9-5-13(6-10-15)20(14-7-11-16(22)12-8-14)18-4-2-1-3-17(18)19(23)24-20;;/h1-12,21-22H;1H3;1H2. The van der Waals surface area contributed by atoms with Crippen LogP contribution in [0.1, 0.15) is 27.0 Å². The maximum Gasteiger partial charge on any atom is 0.340 e. The van der Waals surface area contributed by atoms with E-state index in [9.17, 15) is 15.0 Å². The first-order valence-electron chi connectivity index (χ1n) is 7.53. The largest absolute Gasteiger partial charge is 0.508 e. The summed E-state index contributed by atoms with van der Waals surface area (Å²) >= 11 is 0. The Morgan fingerprint density at radius 3 is 1.69 bits per heavy atom. The predicted octanol–water partition coefficient (Wildman–Crippen LogP) is 2.90. The zero-order chi connectivity index (χ0) is 16.7. The van der Waals surface area contributed by atoms with E-state index in [-0.39, 0.29) is 23.1 Å². The number of aromatic hydroxyl groups is 2. The summed E-state index contributed by atoms with van der Waals surface area (Å²) in [5.74, 6) is -0.124. The second-order valence-electron chi connectivity index (χ2n) is 5.71. The highest BCUT2D eigenvalue weighted by Gasteiger charge is 2.48. The topological polar surface area (TPSA) is 133 Å². The van der Waals surface area contributed by atoms with E-state index >= 15 is 0 Å². The van der Waals surface area contributed by atoms with Gasteiger partial charge < -0.3 is 26.6 Å². The van der Waals surface area contributed by atoms with Gasteiger partial charge in [-0.15, -0.1) is 0 Å². The summed E-state index contributed by atoms with van der Waals surface area (Å²) in [5.41, 5.74) is 1.60. The van der Waals surface area contributed by atoms with Crippen LogP contribution in [0.4, 0.5) is 0 Å². The van der Waals surface area contributed by atoms with E-state index in [4.69, 9.17) is 4.74 Å². The van der Waals surface area contributed by atoms with Crippen molar-refractivity contribution in [2.45, 2.75) is 5.60 Å². The lowest BCUT2D eigenvalue weighted by atomic mass is 9.80. The van der Waals surface area contributed by atoms with Gasteiger partial charge in [-0.1, -0.05) is 42.5 Å². The normalized spacial score (nSPS) is 13.8. The van der Waals surface area contributed by atoms with Crippen molar-refractivity contribution in [3.05, 3.63) is 95.1 Å². The molecule has 0 unspecified atom stereocenters. The minimum atomic E-state index is -1.10. The van der Waals surface area contributed by atoms with Crippen LogP contribution in [-0.4, -0.2) is 21.7 Å². The highest BCUT2D eigenvalue weighted by Crippen LogP contribution is 2.47. The molecule has 0 bridgehead atoms. The van der Waals surface area contributed by atoms with Gasteiger partial charge in [-0.25, -0.2) is 4.79 Å². The minimum Gasteiger partial charge on any atom is -0.508 e. The van der Waals surface area contributed by atoms with Gasteiger partial charge in [0.2, 0.25) is 0 Å². The van der Waals surface area contributed by atoms with Crippen molar-refractivity contribution in [3.63, 3.8) is 0 Å². The molecule has 0 aromatic heterocycles. The van der Waals surface area contributed by atoms with E-state index in [1.807, 2.05) is 12.1 Å². The number of carbonyl (C=O) groups excluding carboxylic acids is 1. The molecular formula is C20H19NO5. The second-order valence-corrected chi connectivity index (χ2v) is 5.71. The van der Waals surface area contributed by atoms with Crippen molar-refractivity contribution in [3.8, 4) is 11.5 Å². The zero-order valence-corrected chi connectivity index (χ0v) is 13.8. The molecular weight excluding hydrogens is 334 g/mol. The number of esters is 1. The van der Waals surface area contributed by atoms with Crippen molar-refractivity contribution in [2.75, 3.05) is 0 Å². The minimum absolute atomic E-state index is 0. The average Bonchev–Trinajstić information content (AvgIpc) is 2.91. The summed E-state index contributed by atoms with van der Waals surface area (Å²) in [6.07, 6.45) is 0. The fourth-order valence-corrected chi connectivity index (χ4v) is 3.20. The molecule has 3 aromatic carbocycles. The Kier molecular flexibility index (Phi) is 5.02. The predicted molar refractivity (Wildman–Crippen MR) is 96.6 cm³/mol. The molecule has 0 saturated carbocycles. The summed E-state index contributed by atoms with van der Waals surface area (Å²) in [7, 11) is 0. The first-order chi connectivity index (χ1) is 11.6. The van der Waals surface area contributed by atoms with Crippen LogP contribution in [0.2, 0.25) is 0 Å². The van der Waals surface area contributed by atoms with Crippen molar-refractivity contribution < 1.29 is 25.2 Å². The number of ether oxygens (including phenoxy) is 1. The number of phenols is 2.